The Morgan fingerprint density at radius 2 is 2.12 bits per heavy atom. The van der Waals surface area contributed by atoms with Gasteiger partial charge in [0.25, 0.3) is 0 Å². The van der Waals surface area contributed by atoms with Crippen LogP contribution in [0.5, 0.6) is 0 Å². The van der Waals surface area contributed by atoms with Gasteiger partial charge in [-0.2, -0.15) is 5.26 Å². The smallest absolute Gasteiger partial charge is 0.330 e. The van der Waals surface area contributed by atoms with E-state index in [0.717, 1.165) is 24.8 Å². The number of hydrogen-bond acceptors (Lipinski definition) is 3. The summed E-state index contributed by atoms with van der Waals surface area (Å²) in [5.74, 6) is -0.456. The summed E-state index contributed by atoms with van der Waals surface area (Å²) >= 11 is 0. The van der Waals surface area contributed by atoms with E-state index < -0.39 is 11.4 Å². The van der Waals surface area contributed by atoms with Gasteiger partial charge in [-0.25, -0.2) is 4.79 Å². The van der Waals surface area contributed by atoms with Gasteiger partial charge < -0.3 is 4.74 Å². The maximum atomic E-state index is 11.7. The van der Waals surface area contributed by atoms with E-state index in [1.54, 1.807) is 13.8 Å². The van der Waals surface area contributed by atoms with Crippen LogP contribution in [0.1, 0.15) is 47.0 Å². The molecule has 90 valence electrons. The van der Waals surface area contributed by atoms with Gasteiger partial charge in [0.15, 0.2) is 5.41 Å². The molecule has 0 spiro atoms. The highest BCUT2D eigenvalue weighted by molar-refractivity contribution is 5.83. The van der Waals surface area contributed by atoms with Gasteiger partial charge in [-0.3, -0.25) is 0 Å². The predicted octanol–water partition coefficient (Wildman–Crippen LogP) is 3.22. The lowest BCUT2D eigenvalue weighted by atomic mass is 9.84. The van der Waals surface area contributed by atoms with Gasteiger partial charge in [-0.15, -0.1) is 0 Å². The summed E-state index contributed by atoms with van der Waals surface area (Å²) in [6, 6.07) is 2.05. The molecule has 1 unspecified atom stereocenters. The second kappa shape index (κ2) is 7.05. The lowest BCUT2D eigenvalue weighted by Gasteiger charge is -2.20. The first-order chi connectivity index (χ1) is 7.52. The first-order valence-electron chi connectivity index (χ1n) is 5.78. The number of nitrogens with zero attached hydrogens (tertiary/aromatic N) is 1. The Bertz CT molecular complexity index is 302. The molecule has 3 heteroatoms. The largest absolute Gasteiger partial charge is 0.465 e. The molecule has 0 amide bonds. The van der Waals surface area contributed by atoms with Crippen LogP contribution in [-0.2, 0) is 9.53 Å². The van der Waals surface area contributed by atoms with Crippen LogP contribution < -0.4 is 0 Å². The summed E-state index contributed by atoms with van der Waals surface area (Å²) in [6.07, 6.45) is 5.04. The van der Waals surface area contributed by atoms with Crippen molar-refractivity contribution in [2.24, 2.45) is 5.41 Å². The van der Waals surface area contributed by atoms with Gasteiger partial charge in [-0.05, 0) is 32.8 Å². The van der Waals surface area contributed by atoms with E-state index in [1.807, 2.05) is 19.1 Å². The molecule has 0 saturated carbocycles. The average Bonchev–Trinajstić information content (AvgIpc) is 2.28. The number of hydrogen-bond donors (Lipinski definition) is 0. The third-order valence-electron chi connectivity index (χ3n) is 2.70. The molecule has 0 saturated heterocycles. The molecule has 0 N–H and O–H groups in total. The molecule has 0 aliphatic carbocycles. The molecule has 0 bridgehead atoms. The number of allylic oxidation sites excluding steroid dienone is 1. The first kappa shape index (κ1) is 14.7. The third-order valence-corrected chi connectivity index (χ3v) is 2.70. The minimum absolute atomic E-state index is 0.304. The summed E-state index contributed by atoms with van der Waals surface area (Å²) in [5.41, 5.74) is -0.356. The van der Waals surface area contributed by atoms with E-state index in [1.165, 1.54) is 0 Å². The zero-order valence-corrected chi connectivity index (χ0v) is 10.7. The van der Waals surface area contributed by atoms with Crippen molar-refractivity contribution in [2.75, 3.05) is 6.61 Å². The topological polar surface area (TPSA) is 50.1 Å². The first-order valence-corrected chi connectivity index (χ1v) is 5.78. The van der Waals surface area contributed by atoms with Gasteiger partial charge in [0, 0.05) is 0 Å². The molecule has 16 heavy (non-hydrogen) atoms. The Kier molecular flexibility index (Phi) is 6.48. The number of rotatable bonds is 6. The summed E-state index contributed by atoms with van der Waals surface area (Å²) in [7, 11) is 0. The molecule has 0 heterocycles. The number of carbonyl (C=O) groups excluding carboxylic acids is 1. The predicted molar refractivity (Wildman–Crippen MR) is 63.6 cm³/mol. The monoisotopic (exact) mass is 223 g/mol. The van der Waals surface area contributed by atoms with Crippen LogP contribution in [0.3, 0.4) is 0 Å². The molecule has 3 nitrogen and oxygen atoms in total. The van der Waals surface area contributed by atoms with Gasteiger partial charge in [0.2, 0.25) is 0 Å². The van der Waals surface area contributed by atoms with E-state index in [9.17, 15) is 4.79 Å². The van der Waals surface area contributed by atoms with Crippen LogP contribution in [0.4, 0.5) is 0 Å². The molecule has 0 aromatic heterocycles. The van der Waals surface area contributed by atoms with Gasteiger partial charge in [0.1, 0.15) is 0 Å². The van der Waals surface area contributed by atoms with Crippen molar-refractivity contribution in [3.8, 4) is 6.07 Å². The lowest BCUT2D eigenvalue weighted by molar-refractivity contribution is -0.149. The highest BCUT2D eigenvalue weighted by Gasteiger charge is 2.36. The van der Waals surface area contributed by atoms with Gasteiger partial charge in [0.05, 0.1) is 12.7 Å². The Balaban J connectivity index is 4.75. The van der Waals surface area contributed by atoms with Crippen molar-refractivity contribution in [1.82, 2.24) is 0 Å². The highest BCUT2D eigenvalue weighted by Crippen LogP contribution is 2.28. The van der Waals surface area contributed by atoms with E-state index in [-0.39, 0.29) is 0 Å². The van der Waals surface area contributed by atoms with Gasteiger partial charge >= 0.3 is 5.97 Å². The second-order valence-corrected chi connectivity index (χ2v) is 3.99. The zero-order chi connectivity index (χ0) is 12.6. The van der Waals surface area contributed by atoms with Crippen LogP contribution in [0.25, 0.3) is 0 Å². The Morgan fingerprint density at radius 1 is 1.50 bits per heavy atom. The summed E-state index contributed by atoms with van der Waals surface area (Å²) < 4.78 is 4.92. The van der Waals surface area contributed by atoms with Crippen LogP contribution in [0.15, 0.2) is 11.6 Å². The molecule has 0 aromatic rings. The van der Waals surface area contributed by atoms with Crippen molar-refractivity contribution in [2.45, 2.75) is 47.0 Å². The number of nitriles is 1. The number of unbranched alkanes of at least 4 members (excludes halogenated alkanes) is 2. The van der Waals surface area contributed by atoms with Crippen LogP contribution in [-0.4, -0.2) is 12.6 Å². The number of ether oxygens (including phenoxy) is 1. The highest BCUT2D eigenvalue weighted by atomic mass is 16.5. The second-order valence-electron chi connectivity index (χ2n) is 3.99. The van der Waals surface area contributed by atoms with Crippen LogP contribution in [0.2, 0.25) is 0 Å². The zero-order valence-electron chi connectivity index (χ0n) is 10.7. The molecule has 1 atom stereocenters. The maximum absolute atomic E-state index is 11.7. The Morgan fingerprint density at radius 3 is 2.56 bits per heavy atom. The molecule has 0 aromatic carbocycles. The molecule has 0 aliphatic rings. The van der Waals surface area contributed by atoms with E-state index in [0.29, 0.717) is 6.61 Å². The fourth-order valence-electron chi connectivity index (χ4n) is 1.30. The standard InChI is InChI=1S/C13H21NO2/c1-5-7-8-9-11(3)13(4,10-14)12(15)16-6-2/h9H,5-8H2,1-4H3. The van der Waals surface area contributed by atoms with E-state index >= 15 is 0 Å². The van der Waals surface area contributed by atoms with Crippen molar-refractivity contribution in [3.63, 3.8) is 0 Å². The average molecular weight is 223 g/mol. The summed E-state index contributed by atoms with van der Waals surface area (Å²) in [5, 5.41) is 9.12. The number of carbonyl (C=O) groups is 1. The van der Waals surface area contributed by atoms with Crippen molar-refractivity contribution < 1.29 is 9.53 Å². The fourth-order valence-corrected chi connectivity index (χ4v) is 1.30. The fraction of sp³-hybridized carbons (Fsp3) is 0.692. The number of esters is 1. The maximum Gasteiger partial charge on any atom is 0.330 e. The molecular weight excluding hydrogens is 202 g/mol. The molecule has 0 fully saturated rings. The van der Waals surface area contributed by atoms with E-state index in [4.69, 9.17) is 10.00 Å². The van der Waals surface area contributed by atoms with E-state index in [2.05, 4.69) is 6.92 Å². The Hall–Kier alpha value is -1.30. The minimum atomic E-state index is -1.14. The third kappa shape index (κ3) is 3.69. The normalized spacial score (nSPS) is 15.1. The van der Waals surface area contributed by atoms with Crippen molar-refractivity contribution in [3.05, 3.63) is 11.6 Å². The van der Waals surface area contributed by atoms with Crippen LogP contribution >= 0.6 is 0 Å². The quantitative estimate of drug-likeness (QED) is 0.394. The molecular formula is C13H21NO2. The lowest BCUT2D eigenvalue weighted by Crippen LogP contribution is -2.29. The van der Waals surface area contributed by atoms with Crippen molar-refractivity contribution in [1.29, 1.82) is 5.26 Å². The summed E-state index contributed by atoms with van der Waals surface area (Å²) in [4.78, 5) is 11.7. The SMILES string of the molecule is CCCCC=C(C)C(C)(C#N)C(=O)OCC. The Labute approximate surface area is 98.1 Å². The minimum Gasteiger partial charge on any atom is -0.465 e. The van der Waals surface area contributed by atoms with Crippen molar-refractivity contribution >= 4 is 5.97 Å². The van der Waals surface area contributed by atoms with Crippen LogP contribution in [0, 0.1) is 16.7 Å². The summed E-state index contributed by atoms with van der Waals surface area (Å²) in [6.45, 7) is 7.58. The molecule has 0 radical (unpaired) electrons. The van der Waals surface area contributed by atoms with Gasteiger partial charge in [-0.1, -0.05) is 25.8 Å². The molecule has 0 rings (SSSR count). The molecule has 0 aliphatic heterocycles.